The largest absolute Gasteiger partial charge is 0.482 e. The Morgan fingerprint density at radius 2 is 1.67 bits per heavy atom. The number of nitrogens with zero attached hydrogens (tertiary/aromatic N) is 1. The van der Waals surface area contributed by atoms with Crippen LogP contribution in [0.5, 0.6) is 5.75 Å². The van der Waals surface area contributed by atoms with Crippen LogP contribution in [0.15, 0.2) is 42.5 Å². The lowest BCUT2D eigenvalue weighted by atomic mass is 10.3. The Bertz CT molecular complexity index is 647. The molecule has 0 N–H and O–H groups in total. The van der Waals surface area contributed by atoms with Crippen LogP contribution >= 0.6 is 34.8 Å². The molecule has 0 bridgehead atoms. The number of carbonyl (C=O) groups excluding carboxylic acids is 1. The number of halogens is 3. The van der Waals surface area contributed by atoms with Crippen molar-refractivity contribution in [2.75, 3.05) is 18.6 Å². The molecule has 3 nitrogen and oxygen atoms in total. The van der Waals surface area contributed by atoms with E-state index in [1.54, 1.807) is 7.05 Å². The molecule has 0 heterocycles. The van der Waals surface area contributed by atoms with Crippen LogP contribution in [0.1, 0.15) is 0 Å². The van der Waals surface area contributed by atoms with Crippen LogP contribution in [0.3, 0.4) is 0 Å². The van der Waals surface area contributed by atoms with Gasteiger partial charge < -0.3 is 9.64 Å². The number of carbonyl (C=O) groups is 1. The topological polar surface area (TPSA) is 29.5 Å². The van der Waals surface area contributed by atoms with Gasteiger partial charge >= 0.3 is 0 Å². The molecule has 1 amide bonds. The molecular formula is C15H12Cl3NO2. The average Bonchev–Trinajstić information content (AvgIpc) is 2.49. The third kappa shape index (κ3) is 4.03. The first-order valence-corrected chi connectivity index (χ1v) is 7.21. The molecule has 0 radical (unpaired) electrons. The summed E-state index contributed by atoms with van der Waals surface area (Å²) in [7, 11) is 1.68. The highest BCUT2D eigenvalue weighted by Gasteiger charge is 2.13. The van der Waals surface area contributed by atoms with Gasteiger partial charge in [0, 0.05) is 18.8 Å². The van der Waals surface area contributed by atoms with Gasteiger partial charge in [-0.05, 0) is 18.2 Å². The van der Waals surface area contributed by atoms with E-state index in [1.165, 1.54) is 17.0 Å². The molecule has 0 saturated carbocycles. The van der Waals surface area contributed by atoms with Crippen molar-refractivity contribution in [2.45, 2.75) is 0 Å². The van der Waals surface area contributed by atoms with Crippen molar-refractivity contribution in [1.82, 2.24) is 0 Å². The maximum Gasteiger partial charge on any atom is 0.264 e. The molecule has 0 fully saturated rings. The summed E-state index contributed by atoms with van der Waals surface area (Å²) in [5.41, 5.74) is 0.784. The molecule has 0 aliphatic rings. The number of amides is 1. The van der Waals surface area contributed by atoms with Crippen LogP contribution in [-0.2, 0) is 4.79 Å². The lowest BCUT2D eigenvalue weighted by Gasteiger charge is -2.18. The van der Waals surface area contributed by atoms with Crippen molar-refractivity contribution in [3.8, 4) is 5.75 Å². The second-order valence-electron chi connectivity index (χ2n) is 4.27. The van der Waals surface area contributed by atoms with Crippen molar-refractivity contribution in [3.63, 3.8) is 0 Å². The lowest BCUT2D eigenvalue weighted by Crippen LogP contribution is -2.31. The van der Waals surface area contributed by atoms with Gasteiger partial charge in [-0.15, -0.1) is 0 Å². The number of anilines is 1. The van der Waals surface area contributed by atoms with Gasteiger partial charge in [-0.25, -0.2) is 0 Å². The normalized spacial score (nSPS) is 10.3. The molecular weight excluding hydrogens is 333 g/mol. The smallest absolute Gasteiger partial charge is 0.264 e. The number of para-hydroxylation sites is 1. The van der Waals surface area contributed by atoms with Crippen molar-refractivity contribution >= 4 is 46.4 Å². The highest BCUT2D eigenvalue weighted by molar-refractivity contribution is 6.43. The minimum Gasteiger partial charge on any atom is -0.482 e. The summed E-state index contributed by atoms with van der Waals surface area (Å²) in [6.07, 6.45) is 0. The molecule has 0 atom stereocenters. The van der Waals surface area contributed by atoms with Crippen LogP contribution in [0.4, 0.5) is 5.69 Å². The fraction of sp³-hybridized carbons (Fsp3) is 0.133. The van der Waals surface area contributed by atoms with Crippen LogP contribution in [0, 0.1) is 0 Å². The van der Waals surface area contributed by atoms with Crippen molar-refractivity contribution in [3.05, 3.63) is 57.5 Å². The Labute approximate surface area is 138 Å². The number of rotatable bonds is 4. The van der Waals surface area contributed by atoms with Gasteiger partial charge in [-0.2, -0.15) is 0 Å². The summed E-state index contributed by atoms with van der Waals surface area (Å²) >= 11 is 17.7. The summed E-state index contributed by atoms with van der Waals surface area (Å²) in [6, 6.07) is 12.2. The highest BCUT2D eigenvalue weighted by atomic mass is 35.5. The van der Waals surface area contributed by atoms with E-state index >= 15 is 0 Å². The van der Waals surface area contributed by atoms with E-state index in [0.29, 0.717) is 20.8 Å². The Morgan fingerprint density at radius 1 is 1.05 bits per heavy atom. The highest BCUT2D eigenvalue weighted by Crippen LogP contribution is 2.33. The van der Waals surface area contributed by atoms with E-state index < -0.39 is 0 Å². The number of hydrogen-bond acceptors (Lipinski definition) is 2. The zero-order chi connectivity index (χ0) is 15.4. The Balaban J connectivity index is 2.03. The minimum absolute atomic E-state index is 0.150. The third-order valence-corrected chi connectivity index (χ3v) is 3.86. The SMILES string of the molecule is CN(C(=O)COc1cc(Cl)c(Cl)cc1Cl)c1ccccc1. The zero-order valence-electron chi connectivity index (χ0n) is 11.1. The minimum atomic E-state index is -0.205. The predicted molar refractivity (Wildman–Crippen MR) is 86.8 cm³/mol. The van der Waals surface area contributed by atoms with E-state index in [2.05, 4.69) is 0 Å². The van der Waals surface area contributed by atoms with Gasteiger partial charge in [0.2, 0.25) is 0 Å². The van der Waals surface area contributed by atoms with Gasteiger partial charge in [-0.1, -0.05) is 53.0 Å². The molecule has 0 aliphatic carbocycles. The Hall–Kier alpha value is -1.42. The summed E-state index contributed by atoms with van der Waals surface area (Å²) in [5, 5.41) is 0.959. The van der Waals surface area contributed by atoms with Gasteiger partial charge in [0.05, 0.1) is 15.1 Å². The molecule has 0 aromatic heterocycles. The fourth-order valence-electron chi connectivity index (χ4n) is 1.65. The molecule has 110 valence electrons. The van der Waals surface area contributed by atoms with E-state index in [0.717, 1.165) is 5.69 Å². The first-order chi connectivity index (χ1) is 9.99. The molecule has 2 rings (SSSR count). The standard InChI is InChI=1S/C15H12Cl3NO2/c1-19(10-5-3-2-4-6-10)15(20)9-21-14-8-12(17)11(16)7-13(14)18/h2-8H,9H2,1H3. The first kappa shape index (κ1) is 16.0. The number of hydrogen-bond donors (Lipinski definition) is 0. The van der Waals surface area contributed by atoms with Gasteiger partial charge in [0.25, 0.3) is 5.91 Å². The van der Waals surface area contributed by atoms with Gasteiger partial charge in [-0.3, -0.25) is 4.79 Å². The second-order valence-corrected chi connectivity index (χ2v) is 5.50. The summed E-state index contributed by atoms with van der Waals surface area (Å²) < 4.78 is 5.41. The van der Waals surface area contributed by atoms with Gasteiger partial charge in [0.15, 0.2) is 6.61 Å². The molecule has 0 unspecified atom stereocenters. The van der Waals surface area contributed by atoms with E-state index in [9.17, 15) is 4.79 Å². The first-order valence-electron chi connectivity index (χ1n) is 6.08. The number of benzene rings is 2. The van der Waals surface area contributed by atoms with Gasteiger partial charge in [0.1, 0.15) is 5.75 Å². The van der Waals surface area contributed by atoms with Crippen molar-refractivity contribution in [1.29, 1.82) is 0 Å². The summed E-state index contributed by atoms with van der Waals surface area (Å²) in [5.74, 6) is 0.115. The maximum atomic E-state index is 12.1. The molecule has 6 heteroatoms. The van der Waals surface area contributed by atoms with Crippen LogP contribution in [0.2, 0.25) is 15.1 Å². The maximum absolute atomic E-state index is 12.1. The summed E-state index contributed by atoms with van der Waals surface area (Å²) in [4.78, 5) is 13.6. The zero-order valence-corrected chi connectivity index (χ0v) is 13.4. The van der Waals surface area contributed by atoms with Crippen LogP contribution < -0.4 is 9.64 Å². The lowest BCUT2D eigenvalue weighted by molar-refractivity contribution is -0.120. The average molecular weight is 345 g/mol. The number of ether oxygens (including phenoxy) is 1. The monoisotopic (exact) mass is 343 g/mol. The molecule has 0 saturated heterocycles. The van der Waals surface area contributed by atoms with E-state index in [-0.39, 0.29) is 12.5 Å². The molecule has 2 aromatic carbocycles. The third-order valence-electron chi connectivity index (χ3n) is 2.84. The Kier molecular flexibility index (Phi) is 5.34. The molecule has 21 heavy (non-hydrogen) atoms. The predicted octanol–water partition coefficient (Wildman–Crippen LogP) is 4.69. The molecule has 2 aromatic rings. The number of likely N-dealkylation sites (N-methyl/N-ethyl adjacent to an activating group) is 1. The molecule has 0 spiro atoms. The quantitative estimate of drug-likeness (QED) is 0.753. The van der Waals surface area contributed by atoms with E-state index in [4.69, 9.17) is 39.5 Å². The fourth-order valence-corrected chi connectivity index (χ4v) is 2.24. The van der Waals surface area contributed by atoms with Crippen molar-refractivity contribution < 1.29 is 9.53 Å². The molecule has 0 aliphatic heterocycles. The summed E-state index contributed by atoms with van der Waals surface area (Å²) in [6.45, 7) is -0.150. The van der Waals surface area contributed by atoms with Crippen molar-refractivity contribution in [2.24, 2.45) is 0 Å². The van der Waals surface area contributed by atoms with Crippen LogP contribution in [-0.4, -0.2) is 19.6 Å². The second kappa shape index (κ2) is 7.03. The Morgan fingerprint density at radius 3 is 2.33 bits per heavy atom. The van der Waals surface area contributed by atoms with Crippen LogP contribution in [0.25, 0.3) is 0 Å². The van der Waals surface area contributed by atoms with E-state index in [1.807, 2.05) is 30.3 Å².